The summed E-state index contributed by atoms with van der Waals surface area (Å²) in [4.78, 5) is 8.26. The summed E-state index contributed by atoms with van der Waals surface area (Å²) in [5.74, 6) is 1.34. The van der Waals surface area contributed by atoms with Gasteiger partial charge in [-0.2, -0.15) is 0 Å². The molecule has 20 heavy (non-hydrogen) atoms. The molecule has 0 unspecified atom stereocenters. The molecule has 0 atom stereocenters. The lowest BCUT2D eigenvalue weighted by molar-refractivity contribution is 0.305. The van der Waals surface area contributed by atoms with Crippen molar-refractivity contribution in [2.45, 2.75) is 26.4 Å². The van der Waals surface area contributed by atoms with E-state index >= 15 is 0 Å². The number of anilines is 1. The van der Waals surface area contributed by atoms with Crippen molar-refractivity contribution in [3.05, 3.63) is 47.8 Å². The van der Waals surface area contributed by atoms with Crippen molar-refractivity contribution in [2.24, 2.45) is 5.73 Å². The van der Waals surface area contributed by atoms with Crippen molar-refractivity contribution >= 4 is 5.82 Å². The predicted molar refractivity (Wildman–Crippen MR) is 79.5 cm³/mol. The number of nitrogens with zero attached hydrogens (tertiary/aromatic N) is 2. The van der Waals surface area contributed by atoms with Gasteiger partial charge in [-0.3, -0.25) is 0 Å². The lowest BCUT2D eigenvalue weighted by Crippen LogP contribution is -2.07. The maximum absolute atomic E-state index is 5.73. The molecular formula is C15H20N4O. The zero-order valence-electron chi connectivity index (χ0n) is 11.7. The van der Waals surface area contributed by atoms with Gasteiger partial charge in [-0.15, -0.1) is 0 Å². The van der Waals surface area contributed by atoms with Crippen LogP contribution in [-0.2, 0) is 13.1 Å². The summed E-state index contributed by atoms with van der Waals surface area (Å²) in [6.07, 6.45) is 2.46. The lowest BCUT2D eigenvalue weighted by atomic mass is 10.1. The third kappa shape index (κ3) is 3.93. The minimum Gasteiger partial charge on any atom is -0.478 e. The second-order valence-electron chi connectivity index (χ2n) is 4.42. The fraction of sp³-hybridized carbons (Fsp3) is 0.333. The topological polar surface area (TPSA) is 73.1 Å². The summed E-state index contributed by atoms with van der Waals surface area (Å²) < 4.78 is 5.48. The molecule has 3 N–H and O–H groups in total. The Kier molecular flexibility index (Phi) is 5.32. The number of rotatable bonds is 7. The van der Waals surface area contributed by atoms with Crippen molar-refractivity contribution < 1.29 is 4.74 Å². The van der Waals surface area contributed by atoms with E-state index in [1.165, 1.54) is 11.9 Å². The van der Waals surface area contributed by atoms with Gasteiger partial charge in [0.2, 0.25) is 5.88 Å². The van der Waals surface area contributed by atoms with Crippen LogP contribution in [0.5, 0.6) is 5.88 Å². The summed E-state index contributed by atoms with van der Waals surface area (Å²) >= 11 is 0. The third-order valence-electron chi connectivity index (χ3n) is 2.89. The highest BCUT2D eigenvalue weighted by Gasteiger charge is 2.02. The molecule has 1 heterocycles. The molecule has 106 valence electrons. The maximum Gasteiger partial charge on any atom is 0.218 e. The summed E-state index contributed by atoms with van der Waals surface area (Å²) in [7, 11) is 0. The van der Waals surface area contributed by atoms with Crippen molar-refractivity contribution in [1.82, 2.24) is 9.97 Å². The quantitative estimate of drug-likeness (QED) is 0.809. The second kappa shape index (κ2) is 7.45. The van der Waals surface area contributed by atoms with E-state index in [4.69, 9.17) is 10.5 Å². The summed E-state index contributed by atoms with van der Waals surface area (Å²) in [6, 6.07) is 9.90. The van der Waals surface area contributed by atoms with Crippen LogP contribution < -0.4 is 15.8 Å². The predicted octanol–water partition coefficient (Wildman–Crippen LogP) is 2.34. The maximum atomic E-state index is 5.73. The molecule has 0 fully saturated rings. The molecule has 5 heteroatoms. The van der Waals surface area contributed by atoms with Gasteiger partial charge < -0.3 is 15.8 Å². The van der Waals surface area contributed by atoms with E-state index in [1.807, 2.05) is 18.2 Å². The first kappa shape index (κ1) is 14.3. The molecule has 2 rings (SSSR count). The van der Waals surface area contributed by atoms with Crippen molar-refractivity contribution in [3.8, 4) is 5.88 Å². The zero-order valence-corrected chi connectivity index (χ0v) is 11.7. The van der Waals surface area contributed by atoms with E-state index in [2.05, 4.69) is 28.3 Å². The van der Waals surface area contributed by atoms with Crippen molar-refractivity contribution in [2.75, 3.05) is 11.9 Å². The van der Waals surface area contributed by atoms with Crippen LogP contribution in [0.2, 0.25) is 0 Å². The van der Waals surface area contributed by atoms with Gasteiger partial charge in [-0.05, 0) is 17.5 Å². The SMILES string of the molecule is CCCOc1cc(NCc2ccccc2CN)ncn1. The highest BCUT2D eigenvalue weighted by Crippen LogP contribution is 2.14. The van der Waals surface area contributed by atoms with Crippen LogP contribution in [0.3, 0.4) is 0 Å². The van der Waals surface area contributed by atoms with E-state index in [1.54, 1.807) is 6.07 Å². The average Bonchev–Trinajstić information content (AvgIpc) is 2.51. The zero-order chi connectivity index (χ0) is 14.2. The minimum atomic E-state index is 0.534. The number of ether oxygens (including phenoxy) is 1. The van der Waals surface area contributed by atoms with Gasteiger partial charge in [0.1, 0.15) is 12.1 Å². The molecule has 0 saturated carbocycles. The Bertz CT molecular complexity index is 545. The number of nitrogens with two attached hydrogens (primary N) is 1. The molecule has 0 saturated heterocycles. The van der Waals surface area contributed by atoms with Crippen LogP contribution in [-0.4, -0.2) is 16.6 Å². The molecular weight excluding hydrogens is 252 g/mol. The minimum absolute atomic E-state index is 0.534. The van der Waals surface area contributed by atoms with E-state index in [0.29, 0.717) is 25.6 Å². The Morgan fingerprint density at radius 2 is 2.00 bits per heavy atom. The third-order valence-corrected chi connectivity index (χ3v) is 2.89. The van der Waals surface area contributed by atoms with Gasteiger partial charge in [0.05, 0.1) is 6.61 Å². The Labute approximate surface area is 119 Å². The number of aromatic nitrogens is 2. The van der Waals surface area contributed by atoms with E-state index in [0.717, 1.165) is 17.8 Å². The normalized spacial score (nSPS) is 10.3. The van der Waals surface area contributed by atoms with Gasteiger partial charge in [-0.1, -0.05) is 31.2 Å². The standard InChI is InChI=1S/C15H20N4O/c1-2-7-20-15-8-14(18-11-19-15)17-10-13-6-4-3-5-12(13)9-16/h3-6,8,11H,2,7,9-10,16H2,1H3,(H,17,18,19). The molecule has 1 aromatic carbocycles. The van der Waals surface area contributed by atoms with Gasteiger partial charge in [0, 0.05) is 19.2 Å². The number of benzene rings is 1. The summed E-state index contributed by atoms with van der Waals surface area (Å²) in [5, 5.41) is 3.27. The number of nitrogens with one attached hydrogen (secondary N) is 1. The Morgan fingerprint density at radius 1 is 1.20 bits per heavy atom. The monoisotopic (exact) mass is 272 g/mol. The summed E-state index contributed by atoms with van der Waals surface area (Å²) in [5.41, 5.74) is 8.03. The van der Waals surface area contributed by atoms with E-state index in [-0.39, 0.29) is 0 Å². The Balaban J connectivity index is 1.99. The fourth-order valence-electron chi connectivity index (χ4n) is 1.84. The van der Waals surface area contributed by atoms with Crippen molar-refractivity contribution in [3.63, 3.8) is 0 Å². The molecule has 0 aliphatic rings. The van der Waals surface area contributed by atoms with Crippen molar-refractivity contribution in [1.29, 1.82) is 0 Å². The van der Waals surface area contributed by atoms with E-state index < -0.39 is 0 Å². The van der Waals surface area contributed by atoms with Crippen LogP contribution in [0.4, 0.5) is 5.82 Å². The molecule has 5 nitrogen and oxygen atoms in total. The smallest absolute Gasteiger partial charge is 0.218 e. The molecule has 0 aliphatic heterocycles. The largest absolute Gasteiger partial charge is 0.478 e. The molecule has 2 aromatic rings. The van der Waals surface area contributed by atoms with Gasteiger partial charge in [-0.25, -0.2) is 9.97 Å². The van der Waals surface area contributed by atoms with Crippen LogP contribution in [0.15, 0.2) is 36.7 Å². The average molecular weight is 272 g/mol. The first-order chi connectivity index (χ1) is 9.83. The molecule has 0 spiro atoms. The number of hydrogen-bond acceptors (Lipinski definition) is 5. The van der Waals surface area contributed by atoms with Crippen LogP contribution in [0, 0.1) is 0 Å². The number of hydrogen-bond donors (Lipinski definition) is 2. The molecule has 1 aromatic heterocycles. The van der Waals surface area contributed by atoms with Gasteiger partial charge >= 0.3 is 0 Å². The lowest BCUT2D eigenvalue weighted by Gasteiger charge is -2.10. The first-order valence-electron chi connectivity index (χ1n) is 6.79. The first-order valence-corrected chi connectivity index (χ1v) is 6.79. The van der Waals surface area contributed by atoms with Gasteiger partial charge in [0.15, 0.2) is 0 Å². The molecule has 0 aliphatic carbocycles. The second-order valence-corrected chi connectivity index (χ2v) is 4.42. The highest BCUT2D eigenvalue weighted by molar-refractivity contribution is 5.39. The molecule has 0 amide bonds. The Morgan fingerprint density at radius 3 is 2.75 bits per heavy atom. The molecule has 0 bridgehead atoms. The van der Waals surface area contributed by atoms with E-state index in [9.17, 15) is 0 Å². The van der Waals surface area contributed by atoms with Gasteiger partial charge in [0.25, 0.3) is 0 Å². The van der Waals surface area contributed by atoms with Crippen LogP contribution in [0.1, 0.15) is 24.5 Å². The molecule has 0 radical (unpaired) electrons. The van der Waals surface area contributed by atoms with Crippen LogP contribution in [0.25, 0.3) is 0 Å². The Hall–Kier alpha value is -2.14. The van der Waals surface area contributed by atoms with Crippen LogP contribution >= 0.6 is 0 Å². The summed E-state index contributed by atoms with van der Waals surface area (Å²) in [6.45, 7) is 3.93. The highest BCUT2D eigenvalue weighted by atomic mass is 16.5. The fourth-order valence-corrected chi connectivity index (χ4v) is 1.84.